The lowest BCUT2D eigenvalue weighted by Gasteiger charge is -2.16. The van der Waals surface area contributed by atoms with Crippen LogP contribution in [0.2, 0.25) is 0 Å². The zero-order chi connectivity index (χ0) is 18.5. The molecule has 5 N–H and O–H groups in total. The van der Waals surface area contributed by atoms with E-state index in [-0.39, 0.29) is 36.8 Å². The van der Waals surface area contributed by atoms with Crippen molar-refractivity contribution < 1.29 is 26.3 Å². The molecule has 3 nitrogen and oxygen atoms in total. The Hall–Kier alpha value is -1.32. The van der Waals surface area contributed by atoms with E-state index >= 15 is 0 Å². The van der Waals surface area contributed by atoms with Crippen LogP contribution in [0.5, 0.6) is 0 Å². The third-order valence-corrected chi connectivity index (χ3v) is 3.38. The summed E-state index contributed by atoms with van der Waals surface area (Å²) >= 11 is 0. The minimum absolute atomic E-state index is 0.0196. The first-order valence-corrected chi connectivity index (χ1v) is 7.40. The van der Waals surface area contributed by atoms with Gasteiger partial charge in [0.1, 0.15) is 0 Å². The predicted octanol–water partition coefficient (Wildman–Crippen LogP) is 3.27. The maximum Gasteiger partial charge on any atom is 0.416 e. The summed E-state index contributed by atoms with van der Waals surface area (Å²) in [5.41, 5.74) is 8.64. The fourth-order valence-corrected chi connectivity index (χ4v) is 2.10. The monoisotopic (exact) mass is 357 g/mol. The van der Waals surface area contributed by atoms with Gasteiger partial charge in [0, 0.05) is 25.2 Å². The Bertz CT molecular complexity index is 493. The van der Waals surface area contributed by atoms with Crippen molar-refractivity contribution in [2.75, 3.05) is 6.54 Å². The van der Waals surface area contributed by atoms with Crippen LogP contribution in [0, 0.1) is 0 Å². The highest BCUT2D eigenvalue weighted by Crippen LogP contribution is 2.36. The van der Waals surface area contributed by atoms with Crippen molar-refractivity contribution in [3.05, 3.63) is 34.9 Å². The van der Waals surface area contributed by atoms with Gasteiger partial charge in [-0.05, 0) is 43.5 Å². The smallest absolute Gasteiger partial charge is 0.328 e. The van der Waals surface area contributed by atoms with Crippen molar-refractivity contribution in [1.29, 1.82) is 0 Å². The third kappa shape index (κ3) is 7.06. The zero-order valence-electron chi connectivity index (χ0n) is 13.1. The van der Waals surface area contributed by atoms with Crippen LogP contribution < -0.4 is 16.8 Å². The molecule has 0 heterocycles. The first-order valence-electron chi connectivity index (χ1n) is 7.40. The topological polar surface area (TPSA) is 64.1 Å². The molecular formula is C15H21F6N3. The number of benzene rings is 1. The summed E-state index contributed by atoms with van der Waals surface area (Å²) in [7, 11) is 0. The second-order valence-corrected chi connectivity index (χ2v) is 5.86. The molecule has 24 heavy (non-hydrogen) atoms. The van der Waals surface area contributed by atoms with Gasteiger partial charge in [0.2, 0.25) is 0 Å². The van der Waals surface area contributed by atoms with E-state index in [0.717, 1.165) is 0 Å². The SMILES string of the molecule is CC(N)CC[C@H](N)CNCc1cc(C(F)(F)F)cc(C(F)(F)F)c1. The molecule has 0 aliphatic heterocycles. The van der Waals surface area contributed by atoms with Crippen LogP contribution in [-0.2, 0) is 18.9 Å². The third-order valence-electron chi connectivity index (χ3n) is 3.38. The van der Waals surface area contributed by atoms with E-state index in [2.05, 4.69) is 5.32 Å². The molecule has 0 radical (unpaired) electrons. The van der Waals surface area contributed by atoms with Crippen LogP contribution in [-0.4, -0.2) is 18.6 Å². The normalized spacial score (nSPS) is 15.4. The Kier molecular flexibility index (Phi) is 7.06. The highest BCUT2D eigenvalue weighted by Gasteiger charge is 2.36. The Morgan fingerprint density at radius 1 is 0.917 bits per heavy atom. The Morgan fingerprint density at radius 3 is 1.83 bits per heavy atom. The Labute approximate surface area is 136 Å². The number of nitrogens with one attached hydrogen (secondary N) is 1. The molecule has 1 unspecified atom stereocenters. The van der Waals surface area contributed by atoms with Gasteiger partial charge in [0.05, 0.1) is 11.1 Å². The predicted molar refractivity (Wildman–Crippen MR) is 79.0 cm³/mol. The van der Waals surface area contributed by atoms with E-state index in [9.17, 15) is 26.3 Å². The fraction of sp³-hybridized carbons (Fsp3) is 0.600. The van der Waals surface area contributed by atoms with Crippen LogP contribution in [0.3, 0.4) is 0 Å². The van der Waals surface area contributed by atoms with Gasteiger partial charge in [-0.15, -0.1) is 0 Å². The maximum absolute atomic E-state index is 12.7. The van der Waals surface area contributed by atoms with E-state index in [1.807, 2.05) is 6.92 Å². The van der Waals surface area contributed by atoms with Gasteiger partial charge in [-0.1, -0.05) is 0 Å². The van der Waals surface area contributed by atoms with Crippen LogP contribution in [0.15, 0.2) is 18.2 Å². The van der Waals surface area contributed by atoms with Gasteiger partial charge in [0.25, 0.3) is 0 Å². The maximum atomic E-state index is 12.7. The highest BCUT2D eigenvalue weighted by atomic mass is 19.4. The fourth-order valence-electron chi connectivity index (χ4n) is 2.10. The van der Waals surface area contributed by atoms with E-state index in [4.69, 9.17) is 11.5 Å². The number of rotatable bonds is 7. The van der Waals surface area contributed by atoms with Gasteiger partial charge < -0.3 is 16.8 Å². The van der Waals surface area contributed by atoms with Crippen molar-refractivity contribution in [2.24, 2.45) is 11.5 Å². The van der Waals surface area contributed by atoms with E-state index in [1.54, 1.807) is 0 Å². The van der Waals surface area contributed by atoms with Crippen molar-refractivity contribution >= 4 is 0 Å². The van der Waals surface area contributed by atoms with Crippen LogP contribution in [0.4, 0.5) is 26.3 Å². The molecule has 0 aromatic heterocycles. The lowest BCUT2D eigenvalue weighted by Crippen LogP contribution is -2.34. The molecule has 138 valence electrons. The first kappa shape index (κ1) is 20.7. The molecule has 1 rings (SSSR count). The Balaban J connectivity index is 2.77. The van der Waals surface area contributed by atoms with E-state index in [1.165, 1.54) is 0 Å². The second-order valence-electron chi connectivity index (χ2n) is 5.86. The average molecular weight is 357 g/mol. The molecule has 9 heteroatoms. The van der Waals surface area contributed by atoms with E-state index < -0.39 is 23.5 Å². The highest BCUT2D eigenvalue weighted by molar-refractivity contribution is 5.33. The molecule has 2 atom stereocenters. The largest absolute Gasteiger partial charge is 0.416 e. The van der Waals surface area contributed by atoms with Crippen molar-refractivity contribution in [1.82, 2.24) is 5.32 Å². The summed E-state index contributed by atoms with van der Waals surface area (Å²) in [6.07, 6.45) is -8.39. The summed E-state index contributed by atoms with van der Waals surface area (Å²) in [6, 6.07) is 1.22. The average Bonchev–Trinajstić information content (AvgIpc) is 2.43. The summed E-state index contributed by atoms with van der Waals surface area (Å²) in [4.78, 5) is 0. The molecule has 0 saturated carbocycles. The number of alkyl halides is 6. The van der Waals surface area contributed by atoms with Crippen molar-refractivity contribution in [3.8, 4) is 0 Å². The number of halogens is 6. The van der Waals surface area contributed by atoms with Crippen LogP contribution in [0.25, 0.3) is 0 Å². The lowest BCUT2D eigenvalue weighted by molar-refractivity contribution is -0.143. The number of hydrogen-bond donors (Lipinski definition) is 3. The van der Waals surface area contributed by atoms with Crippen LogP contribution >= 0.6 is 0 Å². The van der Waals surface area contributed by atoms with Gasteiger partial charge in [-0.2, -0.15) is 26.3 Å². The molecule has 0 bridgehead atoms. The molecule has 0 fully saturated rings. The molecule has 0 aliphatic carbocycles. The quantitative estimate of drug-likeness (QED) is 0.657. The Morgan fingerprint density at radius 2 is 1.42 bits per heavy atom. The van der Waals surface area contributed by atoms with E-state index in [0.29, 0.717) is 25.0 Å². The van der Waals surface area contributed by atoms with Gasteiger partial charge in [-0.3, -0.25) is 0 Å². The number of nitrogens with two attached hydrogens (primary N) is 2. The van der Waals surface area contributed by atoms with Crippen LogP contribution in [0.1, 0.15) is 36.5 Å². The first-order chi connectivity index (χ1) is 10.9. The molecule has 1 aromatic rings. The summed E-state index contributed by atoms with van der Waals surface area (Å²) in [5.74, 6) is 0. The molecule has 0 aliphatic rings. The minimum atomic E-state index is -4.84. The molecule has 0 amide bonds. The second kappa shape index (κ2) is 8.17. The summed E-state index contributed by atoms with van der Waals surface area (Å²) in [5, 5.41) is 2.78. The van der Waals surface area contributed by atoms with Crippen molar-refractivity contribution in [3.63, 3.8) is 0 Å². The standard InChI is InChI=1S/C15H21F6N3/c1-9(22)2-3-13(23)8-24-7-10-4-11(14(16,17)18)6-12(5-10)15(19,20)21/h4-6,9,13,24H,2-3,7-8,22-23H2,1H3/t9?,13-/m0/s1. The summed E-state index contributed by atoms with van der Waals surface area (Å²) in [6.45, 7) is 1.95. The lowest BCUT2D eigenvalue weighted by atomic mass is 10.0. The molecular weight excluding hydrogens is 336 g/mol. The van der Waals surface area contributed by atoms with Gasteiger partial charge >= 0.3 is 12.4 Å². The molecule has 1 aromatic carbocycles. The van der Waals surface area contributed by atoms with Gasteiger partial charge in [-0.25, -0.2) is 0 Å². The van der Waals surface area contributed by atoms with Crippen molar-refractivity contribution in [2.45, 2.75) is 50.7 Å². The number of hydrogen-bond acceptors (Lipinski definition) is 3. The summed E-state index contributed by atoms with van der Waals surface area (Å²) < 4.78 is 76.5. The molecule has 0 spiro atoms. The zero-order valence-corrected chi connectivity index (χ0v) is 13.1. The molecule has 0 saturated heterocycles. The van der Waals surface area contributed by atoms with Gasteiger partial charge in [0.15, 0.2) is 0 Å². The minimum Gasteiger partial charge on any atom is -0.328 e.